The molecule has 1 aliphatic carbocycles. The standard InChI is InChI=1S/C14H13FINS/c15-10-5-6-12(11(16)8-10)17-14(9-3-4-9)13-2-1-7-18-13/h1-2,5-9,14,17H,3-4H2. The fourth-order valence-electron chi connectivity index (χ4n) is 2.09. The number of rotatable bonds is 4. The first-order valence-electron chi connectivity index (χ1n) is 5.99. The van der Waals surface area contributed by atoms with Gasteiger partial charge in [0.15, 0.2) is 0 Å². The van der Waals surface area contributed by atoms with Gasteiger partial charge in [0.2, 0.25) is 0 Å². The van der Waals surface area contributed by atoms with E-state index in [1.165, 1.54) is 23.8 Å². The van der Waals surface area contributed by atoms with E-state index in [9.17, 15) is 4.39 Å². The van der Waals surface area contributed by atoms with Crippen LogP contribution >= 0.6 is 33.9 Å². The zero-order valence-corrected chi connectivity index (χ0v) is 12.7. The van der Waals surface area contributed by atoms with Crippen molar-refractivity contribution < 1.29 is 4.39 Å². The molecule has 0 radical (unpaired) electrons. The third-order valence-electron chi connectivity index (χ3n) is 3.19. The van der Waals surface area contributed by atoms with Crippen LogP contribution in [0.1, 0.15) is 23.8 Å². The second kappa shape index (κ2) is 5.17. The Morgan fingerprint density at radius 3 is 2.78 bits per heavy atom. The summed E-state index contributed by atoms with van der Waals surface area (Å²) < 4.78 is 14.0. The molecule has 1 fully saturated rings. The number of thiophene rings is 1. The monoisotopic (exact) mass is 373 g/mol. The van der Waals surface area contributed by atoms with Crippen LogP contribution in [0, 0.1) is 15.3 Å². The van der Waals surface area contributed by atoms with Crippen LogP contribution in [0.25, 0.3) is 0 Å². The highest BCUT2D eigenvalue weighted by Gasteiger charge is 2.33. The van der Waals surface area contributed by atoms with Crippen molar-refractivity contribution in [3.63, 3.8) is 0 Å². The number of benzene rings is 1. The Hall–Kier alpha value is -0.620. The molecule has 1 saturated carbocycles. The van der Waals surface area contributed by atoms with Gasteiger partial charge in [-0.05, 0) is 71.0 Å². The maximum Gasteiger partial charge on any atom is 0.124 e. The molecule has 3 rings (SSSR count). The fourth-order valence-corrected chi connectivity index (χ4v) is 3.60. The van der Waals surface area contributed by atoms with E-state index >= 15 is 0 Å². The molecule has 1 atom stereocenters. The van der Waals surface area contributed by atoms with Crippen LogP contribution in [-0.4, -0.2) is 0 Å². The molecule has 0 amide bonds. The molecule has 0 aliphatic heterocycles. The average Bonchev–Trinajstić information content (AvgIpc) is 3.03. The lowest BCUT2D eigenvalue weighted by Crippen LogP contribution is -2.12. The second-order valence-corrected chi connectivity index (χ2v) is 6.74. The molecule has 0 spiro atoms. The SMILES string of the molecule is Fc1ccc(NC(c2cccs2)C2CC2)c(I)c1. The molecular formula is C14H13FINS. The first kappa shape index (κ1) is 12.4. The highest BCUT2D eigenvalue weighted by Crippen LogP contribution is 2.44. The lowest BCUT2D eigenvalue weighted by molar-refractivity contribution is 0.626. The van der Waals surface area contributed by atoms with Crippen LogP contribution in [0.4, 0.5) is 10.1 Å². The molecule has 1 heterocycles. The Bertz CT molecular complexity index is 537. The summed E-state index contributed by atoms with van der Waals surface area (Å²) in [5.74, 6) is 0.550. The van der Waals surface area contributed by atoms with Crippen molar-refractivity contribution in [3.05, 3.63) is 50.0 Å². The van der Waals surface area contributed by atoms with Crippen molar-refractivity contribution in [2.45, 2.75) is 18.9 Å². The molecule has 1 aliphatic rings. The summed E-state index contributed by atoms with van der Waals surface area (Å²) in [4.78, 5) is 1.37. The van der Waals surface area contributed by atoms with Crippen molar-refractivity contribution in [3.8, 4) is 0 Å². The number of hydrogen-bond acceptors (Lipinski definition) is 2. The molecule has 4 heteroatoms. The third-order valence-corrected chi connectivity index (χ3v) is 5.03. The normalized spacial score (nSPS) is 16.6. The minimum absolute atomic E-state index is 0.177. The second-order valence-electron chi connectivity index (χ2n) is 4.60. The summed E-state index contributed by atoms with van der Waals surface area (Å²) in [5, 5.41) is 5.69. The van der Waals surface area contributed by atoms with Crippen LogP contribution in [0.3, 0.4) is 0 Å². The van der Waals surface area contributed by atoms with Gasteiger partial charge < -0.3 is 5.32 Å². The van der Waals surface area contributed by atoms with Gasteiger partial charge in [-0.15, -0.1) is 11.3 Å². The van der Waals surface area contributed by atoms with Crippen molar-refractivity contribution in [1.82, 2.24) is 0 Å². The summed E-state index contributed by atoms with van der Waals surface area (Å²) >= 11 is 3.97. The minimum Gasteiger partial charge on any atom is -0.376 e. The van der Waals surface area contributed by atoms with Crippen molar-refractivity contribution in [1.29, 1.82) is 0 Å². The van der Waals surface area contributed by atoms with E-state index in [1.54, 1.807) is 17.4 Å². The molecule has 1 unspecified atom stereocenters. The maximum atomic E-state index is 13.1. The molecule has 1 aromatic heterocycles. The zero-order valence-electron chi connectivity index (χ0n) is 9.70. The Labute approximate surface area is 124 Å². The molecule has 18 heavy (non-hydrogen) atoms. The minimum atomic E-state index is -0.177. The summed E-state index contributed by atoms with van der Waals surface area (Å²) in [6.45, 7) is 0. The molecule has 94 valence electrons. The Kier molecular flexibility index (Phi) is 3.56. The number of halogens is 2. The van der Waals surface area contributed by atoms with E-state index in [4.69, 9.17) is 0 Å². The van der Waals surface area contributed by atoms with Gasteiger partial charge in [0.1, 0.15) is 5.82 Å². The first-order valence-corrected chi connectivity index (χ1v) is 7.95. The lowest BCUT2D eigenvalue weighted by atomic mass is 10.1. The van der Waals surface area contributed by atoms with Gasteiger partial charge in [0, 0.05) is 14.1 Å². The summed E-state index contributed by atoms with van der Waals surface area (Å²) in [6.07, 6.45) is 2.57. The first-order chi connectivity index (χ1) is 8.74. The van der Waals surface area contributed by atoms with Crippen molar-refractivity contribution in [2.24, 2.45) is 5.92 Å². The van der Waals surface area contributed by atoms with Gasteiger partial charge in [-0.2, -0.15) is 0 Å². The van der Waals surface area contributed by atoms with Crippen LogP contribution < -0.4 is 5.32 Å². The van der Waals surface area contributed by atoms with Gasteiger partial charge in [-0.25, -0.2) is 4.39 Å². The summed E-state index contributed by atoms with van der Waals surface area (Å²) in [7, 11) is 0. The van der Waals surface area contributed by atoms with E-state index in [1.807, 2.05) is 6.07 Å². The van der Waals surface area contributed by atoms with Gasteiger partial charge in [0.05, 0.1) is 6.04 Å². The quantitative estimate of drug-likeness (QED) is 0.740. The Morgan fingerprint density at radius 1 is 1.33 bits per heavy atom. The van der Waals surface area contributed by atoms with Gasteiger partial charge in [-0.1, -0.05) is 6.07 Å². The van der Waals surface area contributed by atoms with E-state index < -0.39 is 0 Å². The van der Waals surface area contributed by atoms with Crippen LogP contribution in [-0.2, 0) is 0 Å². The van der Waals surface area contributed by atoms with Crippen LogP contribution in [0.5, 0.6) is 0 Å². The van der Waals surface area contributed by atoms with E-state index in [0.29, 0.717) is 6.04 Å². The number of nitrogens with one attached hydrogen (secondary N) is 1. The Morgan fingerprint density at radius 2 is 2.17 bits per heavy atom. The molecule has 0 saturated heterocycles. The highest BCUT2D eigenvalue weighted by atomic mass is 127. The lowest BCUT2D eigenvalue weighted by Gasteiger charge is -2.19. The highest BCUT2D eigenvalue weighted by molar-refractivity contribution is 14.1. The van der Waals surface area contributed by atoms with Crippen molar-refractivity contribution >= 4 is 39.6 Å². The number of hydrogen-bond donors (Lipinski definition) is 1. The largest absolute Gasteiger partial charge is 0.376 e. The molecule has 1 N–H and O–H groups in total. The zero-order chi connectivity index (χ0) is 12.5. The van der Waals surface area contributed by atoms with E-state index in [-0.39, 0.29) is 5.82 Å². The predicted octanol–water partition coefficient (Wildman–Crippen LogP) is 5.06. The third kappa shape index (κ3) is 2.69. The fraction of sp³-hybridized carbons (Fsp3) is 0.286. The molecule has 1 nitrogen and oxygen atoms in total. The average molecular weight is 373 g/mol. The topological polar surface area (TPSA) is 12.0 Å². The molecule has 1 aromatic carbocycles. The maximum absolute atomic E-state index is 13.1. The molecule has 2 aromatic rings. The smallest absolute Gasteiger partial charge is 0.124 e. The van der Waals surface area contributed by atoms with Crippen LogP contribution in [0.2, 0.25) is 0 Å². The molecular weight excluding hydrogens is 360 g/mol. The van der Waals surface area contributed by atoms with Gasteiger partial charge >= 0.3 is 0 Å². The van der Waals surface area contributed by atoms with E-state index in [0.717, 1.165) is 15.2 Å². The predicted molar refractivity (Wildman–Crippen MR) is 82.5 cm³/mol. The van der Waals surface area contributed by atoms with Gasteiger partial charge in [-0.3, -0.25) is 0 Å². The molecule has 0 bridgehead atoms. The van der Waals surface area contributed by atoms with E-state index in [2.05, 4.69) is 45.4 Å². The number of anilines is 1. The Balaban J connectivity index is 1.84. The van der Waals surface area contributed by atoms with Crippen molar-refractivity contribution in [2.75, 3.05) is 5.32 Å². The summed E-state index contributed by atoms with van der Waals surface area (Å²) in [5.41, 5.74) is 1.03. The van der Waals surface area contributed by atoms with Gasteiger partial charge in [0.25, 0.3) is 0 Å². The van der Waals surface area contributed by atoms with Crippen LogP contribution in [0.15, 0.2) is 35.7 Å². The summed E-state index contributed by atoms with van der Waals surface area (Å²) in [6, 6.07) is 9.57.